The molecule has 0 bridgehead atoms. The van der Waals surface area contributed by atoms with Crippen LogP contribution in [-0.2, 0) is 11.0 Å². The molecule has 0 unspecified atom stereocenters. The number of H-pyrrole nitrogens is 1. The lowest BCUT2D eigenvalue weighted by Crippen LogP contribution is -2.49. The second kappa shape index (κ2) is 8.00. The lowest BCUT2D eigenvalue weighted by atomic mass is 10.1. The Morgan fingerprint density at radius 2 is 1.85 bits per heavy atom. The fraction of sp³-hybridized carbons (Fsp3) is 0.263. The molecular weight excluding hydrogens is 379 g/mol. The summed E-state index contributed by atoms with van der Waals surface area (Å²) < 4.78 is 38.7. The summed E-state index contributed by atoms with van der Waals surface area (Å²) in [4.78, 5) is 19.3. The number of carbonyl (C=O) groups excluding carboxylic acids is 1. The fourth-order valence-electron chi connectivity index (χ4n) is 2.89. The zero-order valence-corrected chi connectivity index (χ0v) is 15.1. The number of carbonyl (C=O) groups is 1. The predicted octanol–water partition coefficient (Wildman–Crippen LogP) is 3.53. The summed E-state index contributed by atoms with van der Waals surface area (Å²) in [7, 11) is 0. The monoisotopic (exact) mass is 396 g/mol. The molecule has 0 aliphatic carbocycles. The summed E-state index contributed by atoms with van der Waals surface area (Å²) in [6.45, 7) is 2.44. The van der Waals surface area contributed by atoms with Crippen LogP contribution in [0.5, 0.6) is 0 Å². The molecule has 1 saturated heterocycles. The van der Waals surface area contributed by atoms with Crippen LogP contribution in [0, 0.1) is 0 Å². The third kappa shape index (κ3) is 4.80. The van der Waals surface area contributed by atoms with Crippen molar-refractivity contribution >= 4 is 29.4 Å². The van der Waals surface area contributed by atoms with Crippen molar-refractivity contribution < 1.29 is 22.9 Å². The summed E-state index contributed by atoms with van der Waals surface area (Å²) in [5.41, 5.74) is -0.635. The smallest absolute Gasteiger partial charge is 0.331 e. The van der Waals surface area contributed by atoms with Gasteiger partial charge in [-0.3, -0.25) is 9.69 Å². The highest BCUT2D eigenvalue weighted by molar-refractivity contribution is 6.31. The van der Waals surface area contributed by atoms with Crippen LogP contribution in [0.4, 0.5) is 19.0 Å². The zero-order chi connectivity index (χ0) is 19.4. The van der Waals surface area contributed by atoms with Crippen molar-refractivity contribution in [1.29, 1.82) is 0 Å². The maximum atomic E-state index is 12.9. The van der Waals surface area contributed by atoms with Crippen molar-refractivity contribution in [2.75, 3.05) is 31.1 Å². The minimum Gasteiger partial charge on any atom is -0.331 e. The minimum absolute atomic E-state index is 0.227. The van der Waals surface area contributed by atoms with Crippen molar-refractivity contribution in [3.05, 3.63) is 64.8 Å². The van der Waals surface area contributed by atoms with E-state index in [2.05, 4.69) is 9.88 Å². The van der Waals surface area contributed by atoms with Crippen LogP contribution in [0.25, 0.3) is 6.08 Å². The zero-order valence-electron chi connectivity index (χ0n) is 14.3. The van der Waals surface area contributed by atoms with E-state index >= 15 is 0 Å². The lowest BCUT2D eigenvalue weighted by Gasteiger charge is -2.30. The molecular formula is C19H18ClF3N3O+. The molecule has 1 amide bonds. The number of aromatic amines is 1. The molecule has 142 valence electrons. The highest BCUT2D eigenvalue weighted by atomic mass is 35.5. The number of benzene rings is 1. The molecule has 8 heteroatoms. The number of hydrogen-bond acceptors (Lipinski definition) is 2. The standard InChI is InChI=1S/C19H17ClF3N3O/c20-16-6-4-14(13-15(16)19(21,22)23)5-7-18(27)26-11-9-25(10-12-26)17-3-1-2-8-24-17/h1-8,13H,9-12H2/p+1/b7-5+. The summed E-state index contributed by atoms with van der Waals surface area (Å²) in [6, 6.07) is 9.38. The van der Waals surface area contributed by atoms with Crippen molar-refractivity contribution in [2.45, 2.75) is 6.18 Å². The first-order valence-electron chi connectivity index (χ1n) is 8.40. The molecule has 0 saturated carbocycles. The summed E-state index contributed by atoms with van der Waals surface area (Å²) in [5, 5.41) is -0.361. The van der Waals surface area contributed by atoms with Gasteiger partial charge in [0.25, 0.3) is 5.82 Å². The first-order chi connectivity index (χ1) is 12.8. The molecule has 3 rings (SSSR count). The van der Waals surface area contributed by atoms with Gasteiger partial charge in [0.15, 0.2) is 0 Å². The Balaban J connectivity index is 1.61. The Morgan fingerprint density at radius 3 is 2.48 bits per heavy atom. The topological polar surface area (TPSA) is 37.7 Å². The number of nitrogens with one attached hydrogen (secondary N) is 1. The quantitative estimate of drug-likeness (QED) is 0.744. The number of hydrogen-bond donors (Lipinski definition) is 0. The number of halogens is 4. The lowest BCUT2D eigenvalue weighted by molar-refractivity contribution is -0.364. The Bertz CT molecular complexity index is 832. The molecule has 4 nitrogen and oxygen atoms in total. The molecule has 1 N–H and O–H groups in total. The molecule has 2 aromatic rings. The molecule has 1 aromatic carbocycles. The van der Waals surface area contributed by atoms with Crippen LogP contribution in [-0.4, -0.2) is 37.0 Å². The van der Waals surface area contributed by atoms with Gasteiger partial charge in [-0.1, -0.05) is 23.7 Å². The van der Waals surface area contributed by atoms with Crippen molar-refractivity contribution in [1.82, 2.24) is 4.90 Å². The highest BCUT2D eigenvalue weighted by Crippen LogP contribution is 2.35. The average Bonchev–Trinajstić information content (AvgIpc) is 2.67. The normalized spacial score (nSPS) is 15.4. The van der Waals surface area contributed by atoms with Gasteiger partial charge in [-0.15, -0.1) is 0 Å². The van der Waals surface area contributed by atoms with Crippen molar-refractivity contribution in [3.8, 4) is 0 Å². The van der Waals surface area contributed by atoms with Gasteiger partial charge < -0.3 is 4.90 Å². The number of amides is 1. The SMILES string of the molecule is O=C(/C=C/c1ccc(Cl)c(C(F)(F)F)c1)N1CCN(c2cccc[nH+]2)CC1. The van der Waals surface area contributed by atoms with Gasteiger partial charge in [-0.2, -0.15) is 13.2 Å². The molecule has 0 spiro atoms. The number of aromatic nitrogens is 1. The van der Waals surface area contributed by atoms with Gasteiger partial charge in [-0.05, 0) is 29.8 Å². The van der Waals surface area contributed by atoms with E-state index in [1.165, 1.54) is 24.3 Å². The van der Waals surface area contributed by atoms with Gasteiger partial charge in [0.1, 0.15) is 13.1 Å². The predicted molar refractivity (Wildman–Crippen MR) is 97.3 cm³/mol. The van der Waals surface area contributed by atoms with E-state index in [-0.39, 0.29) is 16.5 Å². The van der Waals surface area contributed by atoms with Crippen molar-refractivity contribution in [3.63, 3.8) is 0 Å². The van der Waals surface area contributed by atoms with Gasteiger partial charge >= 0.3 is 6.18 Å². The number of piperazine rings is 1. The van der Waals surface area contributed by atoms with Crippen LogP contribution in [0.3, 0.4) is 0 Å². The fourth-order valence-corrected chi connectivity index (χ4v) is 3.11. The molecule has 1 aromatic heterocycles. The third-order valence-electron chi connectivity index (χ3n) is 4.34. The molecule has 0 atom stereocenters. The van der Waals surface area contributed by atoms with E-state index in [0.717, 1.165) is 11.9 Å². The first-order valence-corrected chi connectivity index (χ1v) is 8.78. The summed E-state index contributed by atoms with van der Waals surface area (Å²) >= 11 is 5.60. The maximum Gasteiger partial charge on any atom is 0.417 e. The van der Waals surface area contributed by atoms with Crippen LogP contribution in [0.1, 0.15) is 11.1 Å². The first kappa shape index (κ1) is 19.2. The van der Waals surface area contributed by atoms with Gasteiger partial charge in [0, 0.05) is 12.1 Å². The van der Waals surface area contributed by atoms with E-state index in [9.17, 15) is 18.0 Å². The highest BCUT2D eigenvalue weighted by Gasteiger charge is 2.33. The van der Waals surface area contributed by atoms with E-state index in [1.807, 2.05) is 24.4 Å². The second-order valence-electron chi connectivity index (χ2n) is 6.13. The van der Waals surface area contributed by atoms with E-state index in [4.69, 9.17) is 11.6 Å². The van der Waals surface area contributed by atoms with E-state index in [1.54, 1.807) is 4.90 Å². The van der Waals surface area contributed by atoms with Gasteiger partial charge in [0.2, 0.25) is 5.91 Å². The van der Waals surface area contributed by atoms with Crippen LogP contribution in [0.15, 0.2) is 48.7 Å². The second-order valence-corrected chi connectivity index (χ2v) is 6.54. The third-order valence-corrected chi connectivity index (χ3v) is 4.67. The van der Waals surface area contributed by atoms with E-state index in [0.29, 0.717) is 26.2 Å². The summed E-state index contributed by atoms with van der Waals surface area (Å²) in [6.07, 6.45) is -0.00834. The maximum absolute atomic E-state index is 12.9. The molecule has 1 fully saturated rings. The number of rotatable bonds is 3. The van der Waals surface area contributed by atoms with Gasteiger partial charge in [-0.25, -0.2) is 4.98 Å². The Morgan fingerprint density at radius 1 is 1.11 bits per heavy atom. The van der Waals surface area contributed by atoms with Crippen molar-refractivity contribution in [2.24, 2.45) is 0 Å². The number of pyridine rings is 1. The Kier molecular flexibility index (Phi) is 5.70. The molecule has 27 heavy (non-hydrogen) atoms. The Hall–Kier alpha value is -2.54. The Labute approximate surface area is 159 Å². The number of nitrogens with zero attached hydrogens (tertiary/aromatic N) is 2. The minimum atomic E-state index is -4.53. The van der Waals surface area contributed by atoms with E-state index < -0.39 is 11.7 Å². The average molecular weight is 397 g/mol. The van der Waals surface area contributed by atoms with Crippen LogP contribution >= 0.6 is 11.6 Å². The van der Waals surface area contributed by atoms with Crippen LogP contribution in [0.2, 0.25) is 5.02 Å². The molecule has 2 heterocycles. The molecule has 0 radical (unpaired) electrons. The molecule has 1 aliphatic rings. The summed E-state index contributed by atoms with van der Waals surface area (Å²) in [5.74, 6) is 0.760. The largest absolute Gasteiger partial charge is 0.417 e. The number of alkyl halides is 3. The van der Waals surface area contributed by atoms with Crippen LogP contribution < -0.4 is 9.88 Å². The molecule has 1 aliphatic heterocycles. The van der Waals surface area contributed by atoms with Gasteiger partial charge in [0.05, 0.1) is 29.9 Å². The number of anilines is 1.